The third kappa shape index (κ3) is 4.84. The van der Waals surface area contributed by atoms with E-state index in [2.05, 4.69) is 6.92 Å². The van der Waals surface area contributed by atoms with Gasteiger partial charge in [0.15, 0.2) is 0 Å². The van der Waals surface area contributed by atoms with Crippen molar-refractivity contribution in [2.24, 2.45) is 0 Å². The molecular weight excluding hydrogens is 217 g/mol. The summed E-state index contributed by atoms with van der Waals surface area (Å²) in [7, 11) is 1.96. The van der Waals surface area contributed by atoms with Gasteiger partial charge in [-0.3, -0.25) is 0 Å². The maximum absolute atomic E-state index is 13.4. The van der Waals surface area contributed by atoms with Crippen molar-refractivity contribution in [3.05, 3.63) is 35.6 Å². The number of likely N-dealkylation sites (N-methyl/N-ethyl adjacent to an activating group) is 1. The quantitative estimate of drug-likeness (QED) is 0.739. The molecule has 0 amide bonds. The summed E-state index contributed by atoms with van der Waals surface area (Å²) in [5.74, 6) is -0.332. The van der Waals surface area contributed by atoms with Gasteiger partial charge in [-0.15, -0.1) is 0 Å². The zero-order valence-electron chi connectivity index (χ0n) is 10.7. The second kappa shape index (κ2) is 7.41. The van der Waals surface area contributed by atoms with Gasteiger partial charge in [0.25, 0.3) is 0 Å². The van der Waals surface area contributed by atoms with E-state index < -0.39 is 6.10 Å². The molecule has 0 aliphatic heterocycles. The number of nitrogens with zero attached hydrogens (tertiary/aromatic N) is 1. The van der Waals surface area contributed by atoms with Crippen LogP contribution in [0.3, 0.4) is 0 Å². The first kappa shape index (κ1) is 14.1. The largest absolute Gasteiger partial charge is 0.387 e. The average molecular weight is 239 g/mol. The Hall–Kier alpha value is -0.930. The summed E-state index contributed by atoms with van der Waals surface area (Å²) >= 11 is 0. The first-order valence-electron chi connectivity index (χ1n) is 6.26. The van der Waals surface area contributed by atoms with Gasteiger partial charge in [0.1, 0.15) is 5.82 Å². The molecule has 1 aromatic rings. The van der Waals surface area contributed by atoms with Crippen LogP contribution in [-0.4, -0.2) is 30.1 Å². The number of hydrogen-bond acceptors (Lipinski definition) is 2. The lowest BCUT2D eigenvalue weighted by Gasteiger charge is -2.20. The van der Waals surface area contributed by atoms with Crippen molar-refractivity contribution in [2.45, 2.75) is 32.3 Å². The van der Waals surface area contributed by atoms with E-state index in [9.17, 15) is 9.50 Å². The van der Waals surface area contributed by atoms with E-state index in [0.29, 0.717) is 12.1 Å². The van der Waals surface area contributed by atoms with Gasteiger partial charge in [-0.05, 0) is 26.1 Å². The number of benzene rings is 1. The molecule has 0 saturated heterocycles. The van der Waals surface area contributed by atoms with E-state index in [1.165, 1.54) is 18.9 Å². The zero-order valence-corrected chi connectivity index (χ0v) is 10.7. The zero-order chi connectivity index (χ0) is 12.7. The molecule has 0 aromatic heterocycles. The molecule has 1 N–H and O–H groups in total. The maximum atomic E-state index is 13.4. The van der Waals surface area contributed by atoms with Crippen molar-refractivity contribution in [3.8, 4) is 0 Å². The Morgan fingerprint density at radius 2 is 2.00 bits per heavy atom. The summed E-state index contributed by atoms with van der Waals surface area (Å²) < 4.78 is 13.4. The van der Waals surface area contributed by atoms with Gasteiger partial charge in [-0.1, -0.05) is 38.0 Å². The van der Waals surface area contributed by atoms with Crippen LogP contribution in [0.2, 0.25) is 0 Å². The van der Waals surface area contributed by atoms with Crippen LogP contribution in [-0.2, 0) is 0 Å². The topological polar surface area (TPSA) is 23.5 Å². The average Bonchev–Trinajstić information content (AvgIpc) is 2.29. The van der Waals surface area contributed by atoms with Gasteiger partial charge in [0.2, 0.25) is 0 Å². The van der Waals surface area contributed by atoms with E-state index in [-0.39, 0.29) is 5.82 Å². The lowest BCUT2D eigenvalue weighted by atomic mass is 10.1. The monoisotopic (exact) mass is 239 g/mol. The molecule has 1 unspecified atom stereocenters. The third-order valence-corrected chi connectivity index (χ3v) is 2.89. The Morgan fingerprint density at radius 3 is 2.65 bits per heavy atom. The predicted molar refractivity (Wildman–Crippen MR) is 68.4 cm³/mol. The van der Waals surface area contributed by atoms with E-state index >= 15 is 0 Å². The number of hydrogen-bond donors (Lipinski definition) is 1. The second-order valence-electron chi connectivity index (χ2n) is 4.51. The van der Waals surface area contributed by atoms with Crippen LogP contribution in [0.5, 0.6) is 0 Å². The molecule has 0 saturated carbocycles. The summed E-state index contributed by atoms with van der Waals surface area (Å²) in [5.41, 5.74) is 0.384. The Labute approximate surface area is 103 Å². The summed E-state index contributed by atoms with van der Waals surface area (Å²) in [4.78, 5) is 2.05. The highest BCUT2D eigenvalue weighted by molar-refractivity contribution is 5.19. The first-order chi connectivity index (χ1) is 8.15. The predicted octanol–water partition coefficient (Wildman–Crippen LogP) is 2.98. The molecule has 17 heavy (non-hydrogen) atoms. The molecule has 0 fully saturated rings. The minimum Gasteiger partial charge on any atom is -0.387 e. The highest BCUT2D eigenvalue weighted by Gasteiger charge is 2.13. The van der Waals surface area contributed by atoms with Crippen LogP contribution in [0.1, 0.15) is 37.9 Å². The molecule has 3 heteroatoms. The van der Waals surface area contributed by atoms with Crippen molar-refractivity contribution in [3.63, 3.8) is 0 Å². The lowest BCUT2D eigenvalue weighted by molar-refractivity contribution is 0.122. The van der Waals surface area contributed by atoms with Crippen molar-refractivity contribution < 1.29 is 9.50 Å². The van der Waals surface area contributed by atoms with Crippen LogP contribution < -0.4 is 0 Å². The molecule has 0 heterocycles. The van der Waals surface area contributed by atoms with E-state index in [4.69, 9.17) is 0 Å². The molecule has 1 atom stereocenters. The Balaban J connectivity index is 2.43. The van der Waals surface area contributed by atoms with Crippen LogP contribution in [0.15, 0.2) is 24.3 Å². The van der Waals surface area contributed by atoms with E-state index in [1.54, 1.807) is 18.2 Å². The number of unbranched alkanes of at least 4 members (excludes halogenated alkanes) is 2. The van der Waals surface area contributed by atoms with Crippen LogP contribution in [0, 0.1) is 5.82 Å². The third-order valence-electron chi connectivity index (χ3n) is 2.89. The van der Waals surface area contributed by atoms with E-state index in [0.717, 1.165) is 13.0 Å². The van der Waals surface area contributed by atoms with Gasteiger partial charge in [0.05, 0.1) is 6.10 Å². The van der Waals surface area contributed by atoms with Crippen molar-refractivity contribution in [2.75, 3.05) is 20.1 Å². The highest BCUT2D eigenvalue weighted by Crippen LogP contribution is 2.17. The summed E-state index contributed by atoms with van der Waals surface area (Å²) in [6.07, 6.45) is 2.75. The van der Waals surface area contributed by atoms with Gasteiger partial charge in [0, 0.05) is 12.1 Å². The minimum atomic E-state index is -0.747. The molecule has 0 bridgehead atoms. The number of aliphatic hydroxyl groups excluding tert-OH is 1. The second-order valence-corrected chi connectivity index (χ2v) is 4.51. The lowest BCUT2D eigenvalue weighted by Crippen LogP contribution is -2.26. The van der Waals surface area contributed by atoms with Crippen LogP contribution in [0.25, 0.3) is 0 Å². The minimum absolute atomic E-state index is 0.332. The fourth-order valence-electron chi connectivity index (χ4n) is 1.86. The van der Waals surface area contributed by atoms with Crippen molar-refractivity contribution >= 4 is 0 Å². The SMILES string of the molecule is CCCCCN(C)CC(O)c1ccccc1F. The van der Waals surface area contributed by atoms with Gasteiger partial charge < -0.3 is 10.0 Å². The molecule has 0 radical (unpaired) electrons. The normalized spacial score (nSPS) is 13.0. The molecule has 0 spiro atoms. The fraction of sp³-hybridized carbons (Fsp3) is 0.571. The number of halogens is 1. The van der Waals surface area contributed by atoms with Gasteiger partial charge >= 0.3 is 0 Å². The smallest absolute Gasteiger partial charge is 0.129 e. The van der Waals surface area contributed by atoms with Gasteiger partial charge in [-0.2, -0.15) is 0 Å². The first-order valence-corrected chi connectivity index (χ1v) is 6.26. The summed E-state index contributed by atoms with van der Waals surface area (Å²) in [6, 6.07) is 6.41. The molecule has 96 valence electrons. The molecule has 0 aliphatic carbocycles. The Bertz CT molecular complexity index is 330. The summed E-state index contributed by atoms with van der Waals surface area (Å²) in [6.45, 7) is 3.58. The molecule has 1 aromatic carbocycles. The highest BCUT2D eigenvalue weighted by atomic mass is 19.1. The van der Waals surface area contributed by atoms with Gasteiger partial charge in [-0.25, -0.2) is 4.39 Å². The Kier molecular flexibility index (Phi) is 6.16. The van der Waals surface area contributed by atoms with E-state index in [1.807, 2.05) is 11.9 Å². The number of aliphatic hydroxyl groups is 1. The molecule has 1 rings (SSSR count). The maximum Gasteiger partial charge on any atom is 0.129 e. The van der Waals surface area contributed by atoms with Crippen molar-refractivity contribution in [1.29, 1.82) is 0 Å². The van der Waals surface area contributed by atoms with Crippen LogP contribution >= 0.6 is 0 Å². The molecule has 0 aliphatic rings. The number of rotatable bonds is 7. The summed E-state index contributed by atoms with van der Waals surface area (Å²) in [5, 5.41) is 9.95. The van der Waals surface area contributed by atoms with Crippen molar-refractivity contribution in [1.82, 2.24) is 4.90 Å². The fourth-order valence-corrected chi connectivity index (χ4v) is 1.86. The van der Waals surface area contributed by atoms with Crippen LogP contribution in [0.4, 0.5) is 4.39 Å². The Morgan fingerprint density at radius 1 is 1.29 bits per heavy atom. The molecular formula is C14H22FNO. The molecule has 2 nitrogen and oxygen atoms in total. The standard InChI is InChI=1S/C14H22FNO/c1-3-4-7-10-16(2)11-14(17)12-8-5-6-9-13(12)15/h5-6,8-9,14,17H,3-4,7,10-11H2,1-2H3.